The van der Waals surface area contributed by atoms with Crippen LogP contribution in [0.3, 0.4) is 0 Å². The quantitative estimate of drug-likeness (QED) is 0.883. The summed E-state index contributed by atoms with van der Waals surface area (Å²) in [5, 5.41) is 5.99. The SMILES string of the molecule is O=C(NCc1noc(=O)[nH]1)[C@H]1C[C@@H]1c1ccc(F)cc1F. The Balaban J connectivity index is 1.59. The molecule has 110 valence electrons. The number of H-pyrrole nitrogens is 1. The monoisotopic (exact) mass is 295 g/mol. The van der Waals surface area contributed by atoms with Gasteiger partial charge in [0.15, 0.2) is 5.82 Å². The average Bonchev–Trinajstić information content (AvgIpc) is 3.11. The summed E-state index contributed by atoms with van der Waals surface area (Å²) < 4.78 is 30.7. The van der Waals surface area contributed by atoms with Gasteiger partial charge in [-0.2, -0.15) is 0 Å². The van der Waals surface area contributed by atoms with E-state index in [0.29, 0.717) is 12.0 Å². The first-order chi connectivity index (χ1) is 10.0. The summed E-state index contributed by atoms with van der Waals surface area (Å²) in [5.74, 6) is -2.66. The van der Waals surface area contributed by atoms with Crippen molar-refractivity contribution < 1.29 is 18.1 Å². The van der Waals surface area contributed by atoms with Gasteiger partial charge in [0.2, 0.25) is 5.91 Å². The summed E-state index contributed by atoms with van der Waals surface area (Å²) in [4.78, 5) is 24.9. The number of aromatic nitrogens is 2. The summed E-state index contributed by atoms with van der Waals surface area (Å²) in [5.41, 5.74) is 0.339. The van der Waals surface area contributed by atoms with Gasteiger partial charge in [0.05, 0.1) is 6.54 Å². The van der Waals surface area contributed by atoms with Gasteiger partial charge >= 0.3 is 5.76 Å². The van der Waals surface area contributed by atoms with Gasteiger partial charge in [0.1, 0.15) is 11.6 Å². The summed E-state index contributed by atoms with van der Waals surface area (Å²) in [6.07, 6.45) is 0.504. The molecular weight excluding hydrogens is 284 g/mol. The molecule has 2 N–H and O–H groups in total. The first-order valence-corrected chi connectivity index (χ1v) is 6.32. The van der Waals surface area contributed by atoms with Crippen LogP contribution in [0.15, 0.2) is 27.5 Å². The van der Waals surface area contributed by atoms with Crippen LogP contribution in [0.5, 0.6) is 0 Å². The van der Waals surface area contributed by atoms with Gasteiger partial charge < -0.3 is 5.32 Å². The maximum absolute atomic E-state index is 13.6. The predicted molar refractivity (Wildman–Crippen MR) is 66.2 cm³/mol. The first kappa shape index (κ1) is 13.5. The summed E-state index contributed by atoms with van der Waals surface area (Å²) in [7, 11) is 0. The molecule has 6 nitrogen and oxygen atoms in total. The molecule has 1 saturated carbocycles. The molecule has 0 saturated heterocycles. The highest BCUT2D eigenvalue weighted by atomic mass is 19.1. The van der Waals surface area contributed by atoms with Crippen molar-refractivity contribution in [2.24, 2.45) is 5.92 Å². The van der Waals surface area contributed by atoms with Crippen LogP contribution in [0.4, 0.5) is 8.78 Å². The second-order valence-electron chi connectivity index (χ2n) is 4.87. The zero-order chi connectivity index (χ0) is 15.0. The van der Waals surface area contributed by atoms with E-state index < -0.39 is 17.4 Å². The lowest BCUT2D eigenvalue weighted by molar-refractivity contribution is -0.122. The number of rotatable bonds is 4. The lowest BCUT2D eigenvalue weighted by atomic mass is 10.1. The molecule has 1 fully saturated rings. The van der Waals surface area contributed by atoms with Crippen molar-refractivity contribution in [3.63, 3.8) is 0 Å². The number of nitrogens with zero attached hydrogens (tertiary/aromatic N) is 1. The third-order valence-corrected chi connectivity index (χ3v) is 3.40. The van der Waals surface area contributed by atoms with E-state index in [9.17, 15) is 18.4 Å². The molecule has 0 spiro atoms. The van der Waals surface area contributed by atoms with Gasteiger partial charge in [-0.15, -0.1) is 0 Å². The van der Waals surface area contributed by atoms with Gasteiger partial charge in [-0.3, -0.25) is 14.3 Å². The van der Waals surface area contributed by atoms with E-state index in [0.717, 1.165) is 6.07 Å². The lowest BCUT2D eigenvalue weighted by Gasteiger charge is -2.04. The number of amides is 1. The zero-order valence-electron chi connectivity index (χ0n) is 10.7. The maximum Gasteiger partial charge on any atom is 0.438 e. The van der Waals surface area contributed by atoms with Gasteiger partial charge in [-0.25, -0.2) is 13.6 Å². The van der Waals surface area contributed by atoms with Crippen molar-refractivity contribution in [2.75, 3.05) is 0 Å². The minimum absolute atomic E-state index is 0.0275. The Morgan fingerprint density at radius 2 is 2.29 bits per heavy atom. The van der Waals surface area contributed by atoms with Crippen LogP contribution in [0.2, 0.25) is 0 Å². The Bertz CT molecular complexity index is 740. The Hall–Kier alpha value is -2.51. The Morgan fingerprint density at radius 1 is 1.48 bits per heavy atom. The molecule has 0 aliphatic heterocycles. The number of hydrogen-bond donors (Lipinski definition) is 2. The number of aromatic amines is 1. The number of hydrogen-bond acceptors (Lipinski definition) is 4. The van der Waals surface area contributed by atoms with Crippen molar-refractivity contribution in [3.8, 4) is 0 Å². The standard InChI is InChI=1S/C13H11F2N3O3/c14-6-1-2-7(10(15)3-6)8-4-9(8)12(19)16-5-11-17-13(20)21-18-11/h1-3,8-9H,4-5H2,(H,16,19)(H,17,18,20)/t8-,9+/m1/s1. The van der Waals surface area contributed by atoms with Gasteiger partial charge in [-0.1, -0.05) is 11.2 Å². The van der Waals surface area contributed by atoms with E-state index in [4.69, 9.17) is 0 Å². The van der Waals surface area contributed by atoms with Crippen LogP contribution in [0.25, 0.3) is 0 Å². The molecule has 0 radical (unpaired) electrons. The molecule has 1 heterocycles. The van der Waals surface area contributed by atoms with E-state index in [2.05, 4.69) is 20.0 Å². The number of nitrogens with one attached hydrogen (secondary N) is 2. The highest BCUT2D eigenvalue weighted by Crippen LogP contribution is 2.48. The third-order valence-electron chi connectivity index (χ3n) is 3.40. The van der Waals surface area contributed by atoms with Crippen LogP contribution in [-0.2, 0) is 11.3 Å². The Kier molecular flexibility index (Phi) is 3.28. The second-order valence-corrected chi connectivity index (χ2v) is 4.87. The second kappa shape index (κ2) is 5.12. The van der Waals surface area contributed by atoms with Crippen molar-refractivity contribution in [1.82, 2.24) is 15.5 Å². The molecule has 1 amide bonds. The highest BCUT2D eigenvalue weighted by Gasteiger charge is 2.45. The van der Waals surface area contributed by atoms with Crippen LogP contribution in [0.1, 0.15) is 23.7 Å². The van der Waals surface area contributed by atoms with Gasteiger partial charge in [-0.05, 0) is 24.0 Å². The molecule has 2 aromatic rings. The van der Waals surface area contributed by atoms with E-state index in [1.165, 1.54) is 12.1 Å². The first-order valence-electron chi connectivity index (χ1n) is 6.32. The zero-order valence-corrected chi connectivity index (χ0v) is 10.7. The van der Waals surface area contributed by atoms with Crippen LogP contribution in [0, 0.1) is 17.6 Å². The smallest absolute Gasteiger partial charge is 0.348 e. The molecule has 21 heavy (non-hydrogen) atoms. The topological polar surface area (TPSA) is 88.0 Å². The maximum atomic E-state index is 13.6. The fraction of sp³-hybridized carbons (Fsp3) is 0.308. The predicted octanol–water partition coefficient (Wildman–Crippen LogP) is 1.06. The summed E-state index contributed by atoms with van der Waals surface area (Å²) in [6, 6.07) is 3.34. The molecule has 0 unspecified atom stereocenters. The fourth-order valence-corrected chi connectivity index (χ4v) is 2.27. The third kappa shape index (κ3) is 2.83. The van der Waals surface area contributed by atoms with Crippen LogP contribution in [-0.4, -0.2) is 16.0 Å². The average molecular weight is 295 g/mol. The molecule has 1 aliphatic carbocycles. The van der Waals surface area contributed by atoms with Crippen LogP contribution < -0.4 is 11.1 Å². The highest BCUT2D eigenvalue weighted by molar-refractivity contribution is 5.82. The van der Waals surface area contributed by atoms with Crippen molar-refractivity contribution in [2.45, 2.75) is 18.9 Å². The largest absolute Gasteiger partial charge is 0.438 e. The van der Waals surface area contributed by atoms with E-state index in [1.807, 2.05) is 0 Å². The minimum atomic E-state index is -0.697. The number of carbonyl (C=O) groups excluding carboxylic acids is 1. The molecule has 0 bridgehead atoms. The molecule has 1 aromatic heterocycles. The van der Waals surface area contributed by atoms with E-state index >= 15 is 0 Å². The van der Waals surface area contributed by atoms with Crippen molar-refractivity contribution in [1.29, 1.82) is 0 Å². The van der Waals surface area contributed by atoms with Crippen molar-refractivity contribution in [3.05, 3.63) is 51.8 Å². The summed E-state index contributed by atoms with van der Waals surface area (Å²) >= 11 is 0. The summed E-state index contributed by atoms with van der Waals surface area (Å²) in [6.45, 7) is 0.0275. The Morgan fingerprint density at radius 3 is 2.95 bits per heavy atom. The van der Waals surface area contributed by atoms with E-state index in [1.54, 1.807) is 0 Å². The van der Waals surface area contributed by atoms with Gasteiger partial charge in [0.25, 0.3) is 0 Å². The lowest BCUT2D eigenvalue weighted by Crippen LogP contribution is -2.25. The number of benzene rings is 1. The number of halogens is 2. The molecule has 2 atom stereocenters. The minimum Gasteiger partial charge on any atom is -0.348 e. The van der Waals surface area contributed by atoms with Crippen molar-refractivity contribution >= 4 is 5.91 Å². The fourth-order valence-electron chi connectivity index (χ4n) is 2.27. The molecule has 1 aromatic carbocycles. The Labute approximate surface area is 117 Å². The number of carbonyl (C=O) groups is 1. The molecular formula is C13H11F2N3O3. The van der Waals surface area contributed by atoms with E-state index in [-0.39, 0.29) is 30.1 Å². The van der Waals surface area contributed by atoms with Crippen LogP contribution >= 0.6 is 0 Å². The molecule has 8 heteroatoms. The molecule has 1 aliphatic rings. The normalized spacial score (nSPS) is 20.3. The van der Waals surface area contributed by atoms with Gasteiger partial charge in [0, 0.05) is 12.0 Å². The molecule has 3 rings (SSSR count).